The number of fused-ring (bicyclic) bond motifs is 6. The molecule has 1 aromatic heterocycles. The number of hydrogen-bond acceptors (Lipinski definition) is 0. The largest absolute Gasteiger partial charge is 0.341 e. The van der Waals surface area contributed by atoms with Gasteiger partial charge in [-0.05, 0) is 58.9 Å². The van der Waals surface area contributed by atoms with E-state index in [0.29, 0.717) is 0 Å². The average molecular weight is 359 g/mol. The Morgan fingerprint density at radius 1 is 0.643 bits per heavy atom. The lowest BCUT2D eigenvalue weighted by molar-refractivity contribution is 0.827. The summed E-state index contributed by atoms with van der Waals surface area (Å²) in [5.74, 6) is 0. The zero-order chi connectivity index (χ0) is 18.7. The lowest BCUT2D eigenvalue weighted by Crippen LogP contribution is -1.93. The first-order valence-corrected chi connectivity index (χ1v) is 10.1. The third-order valence-corrected chi connectivity index (χ3v) is 6.22. The molecule has 0 bridgehead atoms. The third-order valence-electron chi connectivity index (χ3n) is 6.22. The van der Waals surface area contributed by atoms with E-state index in [1.165, 1.54) is 55.2 Å². The minimum Gasteiger partial charge on any atom is -0.341 e. The van der Waals surface area contributed by atoms with Crippen molar-refractivity contribution in [2.75, 3.05) is 0 Å². The Balaban J connectivity index is 1.52. The molecule has 1 heterocycles. The summed E-state index contributed by atoms with van der Waals surface area (Å²) in [6, 6.07) is 31.4. The van der Waals surface area contributed by atoms with Crippen molar-refractivity contribution in [3.05, 3.63) is 96.1 Å². The molecule has 134 valence electrons. The van der Waals surface area contributed by atoms with Crippen molar-refractivity contribution in [2.45, 2.75) is 19.9 Å². The molecule has 0 spiro atoms. The van der Waals surface area contributed by atoms with E-state index in [4.69, 9.17) is 0 Å². The number of rotatable bonds is 2. The van der Waals surface area contributed by atoms with E-state index < -0.39 is 0 Å². The molecule has 1 heteroatoms. The second-order valence-corrected chi connectivity index (χ2v) is 7.70. The molecule has 0 unspecified atom stereocenters. The highest BCUT2D eigenvalue weighted by Crippen LogP contribution is 2.39. The van der Waals surface area contributed by atoms with Crippen LogP contribution in [-0.2, 0) is 13.0 Å². The van der Waals surface area contributed by atoms with Gasteiger partial charge in [0.1, 0.15) is 0 Å². The zero-order valence-corrected chi connectivity index (χ0v) is 15.9. The minimum atomic E-state index is 0.979. The first-order chi connectivity index (χ1) is 13.8. The molecule has 1 nitrogen and oxygen atoms in total. The van der Waals surface area contributed by atoms with Crippen LogP contribution in [0.15, 0.2) is 84.9 Å². The summed E-state index contributed by atoms with van der Waals surface area (Å²) in [4.78, 5) is 0. The molecule has 0 saturated heterocycles. The maximum atomic E-state index is 2.43. The van der Waals surface area contributed by atoms with Crippen molar-refractivity contribution in [3.63, 3.8) is 0 Å². The van der Waals surface area contributed by atoms with Crippen molar-refractivity contribution in [3.8, 4) is 22.3 Å². The van der Waals surface area contributed by atoms with Crippen LogP contribution in [0, 0.1) is 0 Å². The second kappa shape index (κ2) is 5.84. The number of hydrogen-bond donors (Lipinski definition) is 0. The summed E-state index contributed by atoms with van der Waals surface area (Å²) in [6.07, 6.45) is 1.04. The normalized spacial score (nSPS) is 12.5. The number of benzene rings is 4. The van der Waals surface area contributed by atoms with Gasteiger partial charge >= 0.3 is 0 Å². The average Bonchev–Trinajstić information content (AvgIpc) is 3.28. The molecule has 0 aliphatic heterocycles. The van der Waals surface area contributed by atoms with Crippen LogP contribution in [0.1, 0.15) is 18.1 Å². The van der Waals surface area contributed by atoms with Gasteiger partial charge in [-0.15, -0.1) is 0 Å². The Morgan fingerprint density at radius 3 is 2.29 bits per heavy atom. The smallest absolute Gasteiger partial charge is 0.0497 e. The van der Waals surface area contributed by atoms with Crippen LogP contribution >= 0.6 is 0 Å². The Kier molecular flexibility index (Phi) is 3.28. The van der Waals surface area contributed by atoms with Crippen LogP contribution in [0.25, 0.3) is 44.1 Å². The van der Waals surface area contributed by atoms with Crippen molar-refractivity contribution in [2.24, 2.45) is 0 Å². The van der Waals surface area contributed by atoms with Gasteiger partial charge in [0.25, 0.3) is 0 Å². The molecule has 0 amide bonds. The SMILES string of the molecule is CCn1c2ccccc2c2ccc(-c3ccc4c(c3)Cc3ccccc3-4)cc21. The summed E-state index contributed by atoms with van der Waals surface area (Å²) in [5.41, 5.74) is 10.9. The highest BCUT2D eigenvalue weighted by molar-refractivity contribution is 6.09. The Bertz CT molecular complexity index is 1370. The monoisotopic (exact) mass is 359 g/mol. The van der Waals surface area contributed by atoms with E-state index in [1.807, 2.05) is 0 Å². The van der Waals surface area contributed by atoms with E-state index in [-0.39, 0.29) is 0 Å². The van der Waals surface area contributed by atoms with Gasteiger partial charge in [0.05, 0.1) is 0 Å². The zero-order valence-electron chi connectivity index (χ0n) is 15.9. The Morgan fingerprint density at radius 2 is 1.36 bits per heavy atom. The standard InChI is InChI=1S/C27H21N/c1-2-28-26-10-6-5-9-24(26)25-14-12-19(17-27(25)28)18-11-13-23-21(15-18)16-20-7-3-4-8-22(20)23/h3-15,17H,2,16H2,1H3. The molecule has 28 heavy (non-hydrogen) atoms. The Hall–Kier alpha value is -3.32. The molecule has 0 N–H and O–H groups in total. The van der Waals surface area contributed by atoms with Gasteiger partial charge in [-0.3, -0.25) is 0 Å². The summed E-state index contributed by atoms with van der Waals surface area (Å²) < 4.78 is 2.43. The van der Waals surface area contributed by atoms with Gasteiger partial charge in [0.15, 0.2) is 0 Å². The van der Waals surface area contributed by atoms with Crippen LogP contribution in [-0.4, -0.2) is 4.57 Å². The van der Waals surface area contributed by atoms with Crippen LogP contribution in [0.3, 0.4) is 0 Å². The van der Waals surface area contributed by atoms with Crippen molar-refractivity contribution < 1.29 is 0 Å². The van der Waals surface area contributed by atoms with Crippen LogP contribution < -0.4 is 0 Å². The molecule has 0 fully saturated rings. The number of nitrogens with zero attached hydrogens (tertiary/aromatic N) is 1. The topological polar surface area (TPSA) is 4.93 Å². The lowest BCUT2D eigenvalue weighted by atomic mass is 9.98. The third kappa shape index (κ3) is 2.13. The van der Waals surface area contributed by atoms with Crippen molar-refractivity contribution >= 4 is 21.8 Å². The van der Waals surface area contributed by atoms with Crippen LogP contribution in [0.2, 0.25) is 0 Å². The second-order valence-electron chi connectivity index (χ2n) is 7.70. The van der Waals surface area contributed by atoms with Gasteiger partial charge in [-0.1, -0.05) is 72.8 Å². The molecule has 0 saturated carbocycles. The highest BCUT2D eigenvalue weighted by Gasteiger charge is 2.18. The number of aromatic nitrogens is 1. The van der Waals surface area contributed by atoms with Gasteiger partial charge < -0.3 is 4.57 Å². The number of para-hydroxylation sites is 1. The first kappa shape index (κ1) is 15.7. The molecule has 0 atom stereocenters. The van der Waals surface area contributed by atoms with E-state index >= 15 is 0 Å². The maximum absolute atomic E-state index is 2.43. The predicted molar refractivity (Wildman–Crippen MR) is 119 cm³/mol. The van der Waals surface area contributed by atoms with E-state index in [2.05, 4.69) is 96.4 Å². The summed E-state index contributed by atoms with van der Waals surface area (Å²) in [7, 11) is 0. The molecule has 5 aromatic rings. The molecule has 1 aliphatic rings. The fourth-order valence-electron chi connectivity index (χ4n) is 4.89. The molecule has 6 rings (SSSR count). The first-order valence-electron chi connectivity index (χ1n) is 10.1. The molecular formula is C27H21N. The van der Waals surface area contributed by atoms with Crippen molar-refractivity contribution in [1.29, 1.82) is 0 Å². The van der Waals surface area contributed by atoms with Gasteiger partial charge in [0, 0.05) is 28.4 Å². The minimum absolute atomic E-state index is 0.979. The maximum Gasteiger partial charge on any atom is 0.0497 e. The summed E-state index contributed by atoms with van der Waals surface area (Å²) in [6.45, 7) is 3.21. The highest BCUT2D eigenvalue weighted by atomic mass is 15.0. The fourth-order valence-corrected chi connectivity index (χ4v) is 4.89. The van der Waals surface area contributed by atoms with Crippen LogP contribution in [0.5, 0.6) is 0 Å². The van der Waals surface area contributed by atoms with Crippen molar-refractivity contribution in [1.82, 2.24) is 4.57 Å². The lowest BCUT2D eigenvalue weighted by Gasteiger charge is -2.08. The molecule has 4 aromatic carbocycles. The van der Waals surface area contributed by atoms with Gasteiger partial charge in [-0.25, -0.2) is 0 Å². The van der Waals surface area contributed by atoms with E-state index in [1.54, 1.807) is 0 Å². The fraction of sp³-hybridized carbons (Fsp3) is 0.111. The van der Waals surface area contributed by atoms with Gasteiger partial charge in [0.2, 0.25) is 0 Å². The summed E-state index contributed by atoms with van der Waals surface area (Å²) >= 11 is 0. The van der Waals surface area contributed by atoms with Crippen LogP contribution in [0.4, 0.5) is 0 Å². The Labute approximate surface area is 164 Å². The molecule has 1 aliphatic carbocycles. The van der Waals surface area contributed by atoms with Gasteiger partial charge in [-0.2, -0.15) is 0 Å². The number of aryl methyl sites for hydroxylation is 1. The summed E-state index contributed by atoms with van der Waals surface area (Å²) in [5, 5.41) is 2.69. The van der Waals surface area contributed by atoms with E-state index in [0.717, 1.165) is 13.0 Å². The molecule has 0 radical (unpaired) electrons. The molecular weight excluding hydrogens is 338 g/mol. The predicted octanol–water partition coefficient (Wildman–Crippen LogP) is 7.05. The quantitative estimate of drug-likeness (QED) is 0.312. The van der Waals surface area contributed by atoms with E-state index in [9.17, 15) is 0 Å².